The van der Waals surface area contributed by atoms with Gasteiger partial charge in [0.25, 0.3) is 11.7 Å². The molecule has 130 valence electrons. The molecule has 1 aromatic carbocycles. The summed E-state index contributed by atoms with van der Waals surface area (Å²) in [5.74, 6) is -2.21. The number of rotatable bonds is 3. The zero-order chi connectivity index (χ0) is 18.8. The lowest BCUT2D eigenvalue weighted by molar-refractivity contribution is 0.102. The molecule has 3 aromatic rings. The third-order valence-electron chi connectivity index (χ3n) is 3.80. The Morgan fingerprint density at radius 1 is 1.27 bits per heavy atom. The van der Waals surface area contributed by atoms with Crippen molar-refractivity contribution in [2.75, 3.05) is 5.32 Å². The van der Waals surface area contributed by atoms with Gasteiger partial charge in [0.1, 0.15) is 23.5 Å². The van der Waals surface area contributed by atoms with E-state index in [0.717, 1.165) is 17.7 Å². The third kappa shape index (κ3) is 3.15. The van der Waals surface area contributed by atoms with Crippen LogP contribution >= 0.6 is 0 Å². The Labute approximate surface area is 147 Å². The van der Waals surface area contributed by atoms with Gasteiger partial charge in [0.05, 0.1) is 5.69 Å². The largest absolute Gasteiger partial charge is 0.361 e. The molecule has 3 rings (SSSR count). The number of aryl methyl sites for hydroxylation is 2. The van der Waals surface area contributed by atoms with Gasteiger partial charge in [-0.15, -0.1) is 4.98 Å². The van der Waals surface area contributed by atoms with E-state index >= 15 is 0 Å². The van der Waals surface area contributed by atoms with Gasteiger partial charge in [0, 0.05) is 12.6 Å². The normalized spacial score (nSPS) is 10.4. The van der Waals surface area contributed by atoms with Crippen molar-refractivity contribution in [3.8, 4) is 11.3 Å². The molecular formula is C18H13F2N5O. The molecule has 2 aromatic heterocycles. The number of carbonyl (C=O) groups excluding carboxylic acids is 1. The van der Waals surface area contributed by atoms with E-state index in [4.69, 9.17) is 6.57 Å². The Kier molecular flexibility index (Phi) is 4.45. The van der Waals surface area contributed by atoms with Crippen LogP contribution in [0.3, 0.4) is 0 Å². The number of hydrogen-bond acceptors (Lipinski definition) is 3. The number of nitrogens with one attached hydrogen (secondary N) is 1. The van der Waals surface area contributed by atoms with Gasteiger partial charge in [-0.25, -0.2) is 8.78 Å². The molecule has 0 aliphatic heterocycles. The second-order valence-corrected chi connectivity index (χ2v) is 5.56. The lowest BCUT2D eigenvalue weighted by Crippen LogP contribution is -2.15. The monoisotopic (exact) mass is 353 g/mol. The van der Waals surface area contributed by atoms with Crippen molar-refractivity contribution < 1.29 is 13.6 Å². The quantitative estimate of drug-likeness (QED) is 0.727. The van der Waals surface area contributed by atoms with Crippen LogP contribution in [0.5, 0.6) is 0 Å². The summed E-state index contributed by atoms with van der Waals surface area (Å²) in [5, 5.41) is 6.30. The van der Waals surface area contributed by atoms with Gasteiger partial charge in [-0.2, -0.15) is 5.10 Å². The molecule has 0 aliphatic rings. The summed E-state index contributed by atoms with van der Waals surface area (Å²) in [6.07, 6.45) is 1.53. The average Bonchev–Trinajstić information content (AvgIpc) is 2.99. The Balaban J connectivity index is 1.93. The zero-order valence-electron chi connectivity index (χ0n) is 13.9. The van der Waals surface area contributed by atoms with Crippen molar-refractivity contribution in [2.24, 2.45) is 7.05 Å². The molecule has 0 saturated carbocycles. The smallest absolute Gasteiger partial charge is 0.276 e. The molecule has 0 fully saturated rings. The molecule has 1 amide bonds. The highest BCUT2D eigenvalue weighted by atomic mass is 19.1. The summed E-state index contributed by atoms with van der Waals surface area (Å²) in [6, 6.07) is 6.44. The summed E-state index contributed by atoms with van der Waals surface area (Å²) in [5.41, 5.74) is 1.55. The van der Waals surface area contributed by atoms with E-state index in [1.807, 2.05) is 6.92 Å². The molecule has 0 atom stereocenters. The van der Waals surface area contributed by atoms with Gasteiger partial charge >= 0.3 is 0 Å². The highest BCUT2D eigenvalue weighted by Gasteiger charge is 2.19. The number of nitrogens with zero attached hydrogens (tertiary/aromatic N) is 4. The van der Waals surface area contributed by atoms with Crippen LogP contribution in [0.15, 0.2) is 36.5 Å². The van der Waals surface area contributed by atoms with E-state index in [0.29, 0.717) is 11.3 Å². The topological polar surface area (TPSA) is 64.2 Å². The molecule has 1 N–H and O–H groups in total. The van der Waals surface area contributed by atoms with Gasteiger partial charge in [-0.05, 0) is 36.8 Å². The standard InChI is InChI=1S/C18H13F2N5O/c1-10-7-16(21-2)22-9-11(10)15-8-14(24-25(15)3)18(26)23-17-12(19)5-4-6-13(17)20/h4-9H,1,3H3,(H,23,26). The van der Waals surface area contributed by atoms with E-state index in [2.05, 4.69) is 20.2 Å². The van der Waals surface area contributed by atoms with Crippen LogP contribution in [0.25, 0.3) is 16.1 Å². The van der Waals surface area contributed by atoms with Gasteiger partial charge in [0.15, 0.2) is 5.69 Å². The number of benzene rings is 1. The lowest BCUT2D eigenvalue weighted by Gasteiger charge is -2.05. The lowest BCUT2D eigenvalue weighted by atomic mass is 10.1. The average molecular weight is 353 g/mol. The van der Waals surface area contributed by atoms with Crippen LogP contribution in [-0.4, -0.2) is 20.7 Å². The number of pyridine rings is 1. The van der Waals surface area contributed by atoms with E-state index in [9.17, 15) is 13.6 Å². The third-order valence-corrected chi connectivity index (χ3v) is 3.80. The van der Waals surface area contributed by atoms with E-state index in [-0.39, 0.29) is 11.5 Å². The minimum absolute atomic E-state index is 0.00110. The number of anilines is 1. The Bertz CT molecular complexity index is 1030. The minimum Gasteiger partial charge on any atom is -0.361 e. The van der Waals surface area contributed by atoms with Gasteiger partial charge in [-0.1, -0.05) is 12.6 Å². The maximum Gasteiger partial charge on any atom is 0.276 e. The van der Waals surface area contributed by atoms with Crippen LogP contribution in [0, 0.1) is 25.1 Å². The van der Waals surface area contributed by atoms with Gasteiger partial charge < -0.3 is 10.2 Å². The predicted molar refractivity (Wildman–Crippen MR) is 91.7 cm³/mol. The maximum absolute atomic E-state index is 13.7. The predicted octanol–water partition coefficient (Wildman–Crippen LogP) is 3.87. The van der Waals surface area contributed by atoms with Gasteiger partial charge in [0.2, 0.25) is 0 Å². The molecule has 0 spiro atoms. The van der Waals surface area contributed by atoms with Crippen molar-refractivity contribution in [1.29, 1.82) is 0 Å². The number of hydrogen-bond donors (Lipinski definition) is 1. The van der Waals surface area contributed by atoms with Crippen molar-refractivity contribution in [2.45, 2.75) is 6.92 Å². The summed E-state index contributed by atoms with van der Waals surface area (Å²) >= 11 is 0. The zero-order valence-corrected chi connectivity index (χ0v) is 13.9. The van der Waals surface area contributed by atoms with Crippen molar-refractivity contribution >= 4 is 17.4 Å². The molecule has 0 radical (unpaired) electrons. The SMILES string of the molecule is [C-]#[N+]c1cc(C)c(-c2cc(C(=O)Nc3c(F)cccc3F)nn2C)cn1. The van der Waals surface area contributed by atoms with Crippen LogP contribution in [0.2, 0.25) is 0 Å². The first-order valence-electron chi connectivity index (χ1n) is 7.54. The molecule has 0 unspecified atom stereocenters. The molecule has 0 saturated heterocycles. The fraction of sp³-hybridized carbons (Fsp3) is 0.111. The Morgan fingerprint density at radius 2 is 1.96 bits per heavy atom. The van der Waals surface area contributed by atoms with E-state index in [1.165, 1.54) is 23.0 Å². The first kappa shape index (κ1) is 17.2. The summed E-state index contributed by atoms with van der Waals surface area (Å²) < 4.78 is 28.8. The second-order valence-electron chi connectivity index (χ2n) is 5.56. The van der Waals surface area contributed by atoms with E-state index < -0.39 is 23.2 Å². The highest BCUT2D eigenvalue weighted by molar-refractivity contribution is 6.03. The maximum atomic E-state index is 13.7. The molecule has 0 bridgehead atoms. The van der Waals surface area contributed by atoms with Crippen molar-refractivity contribution in [3.05, 3.63) is 70.8 Å². The molecule has 8 heteroatoms. The number of carbonyl (C=O) groups is 1. The van der Waals surface area contributed by atoms with E-state index in [1.54, 1.807) is 13.1 Å². The fourth-order valence-electron chi connectivity index (χ4n) is 2.50. The molecule has 2 heterocycles. The van der Waals surface area contributed by atoms with Crippen LogP contribution < -0.4 is 5.32 Å². The van der Waals surface area contributed by atoms with Crippen molar-refractivity contribution in [3.63, 3.8) is 0 Å². The first-order valence-corrected chi connectivity index (χ1v) is 7.54. The molecular weight excluding hydrogens is 340 g/mol. The Hall–Kier alpha value is -3.60. The Morgan fingerprint density at radius 3 is 2.58 bits per heavy atom. The number of halogens is 2. The summed E-state index contributed by atoms with van der Waals surface area (Å²) in [7, 11) is 1.64. The van der Waals surface area contributed by atoms with Crippen LogP contribution in [0.4, 0.5) is 20.3 Å². The summed E-state index contributed by atoms with van der Waals surface area (Å²) in [4.78, 5) is 19.6. The summed E-state index contributed by atoms with van der Waals surface area (Å²) in [6.45, 7) is 8.80. The number of aromatic nitrogens is 3. The molecule has 0 aliphatic carbocycles. The second kappa shape index (κ2) is 6.72. The number of para-hydroxylation sites is 1. The van der Waals surface area contributed by atoms with Gasteiger partial charge in [-0.3, -0.25) is 9.48 Å². The van der Waals surface area contributed by atoms with Crippen LogP contribution in [0.1, 0.15) is 16.1 Å². The first-order chi connectivity index (χ1) is 12.4. The minimum atomic E-state index is -0.871. The molecule has 6 nitrogen and oxygen atoms in total. The van der Waals surface area contributed by atoms with Crippen LogP contribution in [-0.2, 0) is 7.05 Å². The number of amides is 1. The fourth-order valence-corrected chi connectivity index (χ4v) is 2.50. The van der Waals surface area contributed by atoms with Crippen molar-refractivity contribution in [1.82, 2.24) is 14.8 Å². The molecule has 26 heavy (non-hydrogen) atoms. The highest BCUT2D eigenvalue weighted by Crippen LogP contribution is 2.26.